The number of nitrogens with one attached hydrogen (secondary N) is 1. The predicted octanol–water partition coefficient (Wildman–Crippen LogP) is 3.83. The summed E-state index contributed by atoms with van der Waals surface area (Å²) in [6, 6.07) is 6.55. The van der Waals surface area contributed by atoms with Crippen LogP contribution in [0.15, 0.2) is 12.1 Å². The smallest absolute Gasteiger partial charge is 0.0417 e. The molecule has 3 heteroatoms. The molecular weight excluding hydrogens is 252 g/mol. The fraction of sp³-hybridized carbons (Fsp3) is 0.750. The molecule has 2 heterocycles. The van der Waals surface area contributed by atoms with E-state index in [1.54, 1.807) is 0 Å². The van der Waals surface area contributed by atoms with Crippen molar-refractivity contribution >= 4 is 11.3 Å². The Hall–Kier alpha value is -0.380. The largest absolute Gasteiger partial charge is 0.311 e. The van der Waals surface area contributed by atoms with Crippen LogP contribution in [0.3, 0.4) is 0 Å². The van der Waals surface area contributed by atoms with Crippen molar-refractivity contribution in [1.29, 1.82) is 0 Å². The fourth-order valence-corrected chi connectivity index (χ4v) is 4.01. The first-order chi connectivity index (χ1) is 9.19. The first kappa shape index (κ1) is 15.0. The van der Waals surface area contributed by atoms with Gasteiger partial charge in [0.05, 0.1) is 0 Å². The van der Waals surface area contributed by atoms with E-state index in [0.29, 0.717) is 18.1 Å². The Labute approximate surface area is 122 Å². The molecule has 19 heavy (non-hydrogen) atoms. The molecule has 1 aliphatic heterocycles. The summed E-state index contributed by atoms with van der Waals surface area (Å²) in [5.74, 6) is 0. The molecule has 1 saturated heterocycles. The average Bonchev–Trinajstić information content (AvgIpc) is 2.94. The van der Waals surface area contributed by atoms with Gasteiger partial charge in [-0.25, -0.2) is 0 Å². The van der Waals surface area contributed by atoms with Crippen LogP contribution in [0.2, 0.25) is 0 Å². The van der Waals surface area contributed by atoms with Crippen LogP contribution in [0.4, 0.5) is 0 Å². The third-order valence-corrected chi connectivity index (χ3v) is 5.85. The molecule has 0 aromatic carbocycles. The average molecular weight is 280 g/mol. The molecule has 0 bridgehead atoms. The van der Waals surface area contributed by atoms with Crippen molar-refractivity contribution in [3.63, 3.8) is 0 Å². The molecule has 2 nitrogen and oxygen atoms in total. The SMILES string of the molecule is CCc1ccc(C(C)N2CC(CC)NCC2CC)s1. The van der Waals surface area contributed by atoms with Crippen molar-refractivity contribution in [2.24, 2.45) is 0 Å². The Morgan fingerprint density at radius 2 is 2.11 bits per heavy atom. The first-order valence-electron chi connectivity index (χ1n) is 7.77. The standard InChI is InChI=1S/C16H28N2S/c1-5-13-11-18(14(6-2)10-17-13)12(4)16-9-8-15(7-3)19-16/h8-9,12-14,17H,5-7,10-11H2,1-4H3. The molecule has 2 rings (SSSR count). The zero-order valence-corrected chi connectivity index (χ0v) is 13.6. The van der Waals surface area contributed by atoms with Crippen molar-refractivity contribution in [2.45, 2.75) is 65.1 Å². The lowest BCUT2D eigenvalue weighted by atomic mass is 10.0. The lowest BCUT2D eigenvalue weighted by Crippen LogP contribution is -2.56. The van der Waals surface area contributed by atoms with Crippen LogP contribution >= 0.6 is 11.3 Å². The molecule has 0 aliphatic carbocycles. The van der Waals surface area contributed by atoms with E-state index in [1.165, 1.54) is 29.1 Å². The maximum Gasteiger partial charge on any atom is 0.0417 e. The predicted molar refractivity (Wildman–Crippen MR) is 85.0 cm³/mol. The quantitative estimate of drug-likeness (QED) is 0.881. The van der Waals surface area contributed by atoms with Gasteiger partial charge in [-0.05, 0) is 38.3 Å². The van der Waals surface area contributed by atoms with Crippen LogP contribution in [-0.4, -0.2) is 30.1 Å². The number of aryl methyl sites for hydroxylation is 1. The second-order valence-corrected chi connectivity index (χ2v) is 6.81. The molecule has 0 radical (unpaired) electrons. The minimum Gasteiger partial charge on any atom is -0.311 e. The Morgan fingerprint density at radius 1 is 1.32 bits per heavy atom. The van der Waals surface area contributed by atoms with Gasteiger partial charge < -0.3 is 5.32 Å². The van der Waals surface area contributed by atoms with Gasteiger partial charge in [0.1, 0.15) is 0 Å². The molecule has 108 valence electrons. The van der Waals surface area contributed by atoms with E-state index in [9.17, 15) is 0 Å². The summed E-state index contributed by atoms with van der Waals surface area (Å²) in [5.41, 5.74) is 0. The van der Waals surface area contributed by atoms with E-state index in [1.807, 2.05) is 11.3 Å². The maximum absolute atomic E-state index is 3.68. The Balaban J connectivity index is 2.11. The van der Waals surface area contributed by atoms with Crippen molar-refractivity contribution in [2.75, 3.05) is 13.1 Å². The van der Waals surface area contributed by atoms with E-state index in [-0.39, 0.29) is 0 Å². The zero-order chi connectivity index (χ0) is 13.8. The summed E-state index contributed by atoms with van der Waals surface area (Å²) in [5, 5.41) is 3.68. The minimum atomic E-state index is 0.561. The molecule has 1 fully saturated rings. The van der Waals surface area contributed by atoms with Gasteiger partial charge in [0.25, 0.3) is 0 Å². The zero-order valence-electron chi connectivity index (χ0n) is 12.8. The fourth-order valence-electron chi connectivity index (χ4n) is 2.99. The van der Waals surface area contributed by atoms with E-state index in [0.717, 1.165) is 13.0 Å². The van der Waals surface area contributed by atoms with Crippen LogP contribution in [0.25, 0.3) is 0 Å². The Morgan fingerprint density at radius 3 is 2.68 bits per heavy atom. The van der Waals surface area contributed by atoms with Crippen LogP contribution < -0.4 is 5.32 Å². The molecule has 0 spiro atoms. The summed E-state index contributed by atoms with van der Waals surface area (Å²) in [4.78, 5) is 5.76. The molecule has 0 amide bonds. The van der Waals surface area contributed by atoms with E-state index >= 15 is 0 Å². The number of thiophene rings is 1. The normalized spacial score (nSPS) is 26.5. The van der Waals surface area contributed by atoms with Crippen LogP contribution in [0, 0.1) is 0 Å². The molecule has 1 N–H and O–H groups in total. The van der Waals surface area contributed by atoms with Gasteiger partial charge in [-0.2, -0.15) is 0 Å². The van der Waals surface area contributed by atoms with Crippen LogP contribution in [0.1, 0.15) is 56.3 Å². The third kappa shape index (κ3) is 3.39. The monoisotopic (exact) mass is 280 g/mol. The second-order valence-electron chi connectivity index (χ2n) is 5.61. The van der Waals surface area contributed by atoms with Crippen molar-refractivity contribution < 1.29 is 0 Å². The molecule has 1 aromatic heterocycles. The minimum absolute atomic E-state index is 0.561. The van der Waals surface area contributed by atoms with Gasteiger partial charge in [-0.1, -0.05) is 20.8 Å². The third-order valence-electron chi connectivity index (χ3n) is 4.45. The molecule has 0 saturated carbocycles. The molecule has 3 atom stereocenters. The molecular formula is C16H28N2S. The number of piperazine rings is 1. The van der Waals surface area contributed by atoms with Crippen molar-refractivity contribution in [1.82, 2.24) is 10.2 Å². The first-order valence-corrected chi connectivity index (χ1v) is 8.58. The number of rotatable bonds is 5. The highest BCUT2D eigenvalue weighted by atomic mass is 32.1. The van der Waals surface area contributed by atoms with Crippen molar-refractivity contribution in [3.8, 4) is 0 Å². The van der Waals surface area contributed by atoms with Crippen LogP contribution in [0.5, 0.6) is 0 Å². The Bertz CT molecular complexity index is 388. The second kappa shape index (κ2) is 6.87. The van der Waals surface area contributed by atoms with Gasteiger partial charge in [0, 0.05) is 41.0 Å². The van der Waals surface area contributed by atoms with Gasteiger partial charge in [-0.15, -0.1) is 11.3 Å². The Kier molecular flexibility index (Phi) is 5.43. The van der Waals surface area contributed by atoms with Gasteiger partial charge in [0.2, 0.25) is 0 Å². The topological polar surface area (TPSA) is 15.3 Å². The maximum atomic E-state index is 3.68. The highest BCUT2D eigenvalue weighted by Crippen LogP contribution is 2.31. The van der Waals surface area contributed by atoms with Crippen molar-refractivity contribution in [3.05, 3.63) is 21.9 Å². The van der Waals surface area contributed by atoms with E-state index in [4.69, 9.17) is 0 Å². The van der Waals surface area contributed by atoms with Gasteiger partial charge >= 0.3 is 0 Å². The summed E-state index contributed by atoms with van der Waals surface area (Å²) >= 11 is 1.99. The summed E-state index contributed by atoms with van der Waals surface area (Å²) in [6.07, 6.45) is 3.62. The highest BCUT2D eigenvalue weighted by Gasteiger charge is 2.30. The summed E-state index contributed by atoms with van der Waals surface area (Å²) in [6.45, 7) is 11.6. The lowest BCUT2D eigenvalue weighted by molar-refractivity contribution is 0.0865. The van der Waals surface area contributed by atoms with E-state index in [2.05, 4.69) is 50.0 Å². The molecule has 1 aromatic rings. The molecule has 3 unspecified atom stereocenters. The van der Waals surface area contributed by atoms with Crippen LogP contribution in [-0.2, 0) is 6.42 Å². The van der Waals surface area contributed by atoms with Gasteiger partial charge in [0.15, 0.2) is 0 Å². The summed E-state index contributed by atoms with van der Waals surface area (Å²) < 4.78 is 0. The number of hydrogen-bond donors (Lipinski definition) is 1. The number of hydrogen-bond acceptors (Lipinski definition) is 3. The van der Waals surface area contributed by atoms with E-state index < -0.39 is 0 Å². The summed E-state index contributed by atoms with van der Waals surface area (Å²) in [7, 11) is 0. The highest BCUT2D eigenvalue weighted by molar-refractivity contribution is 7.12. The van der Waals surface area contributed by atoms with Gasteiger partial charge in [-0.3, -0.25) is 4.90 Å². The number of nitrogens with zero attached hydrogens (tertiary/aromatic N) is 1. The lowest BCUT2D eigenvalue weighted by Gasteiger charge is -2.43. The molecule has 1 aliphatic rings.